The predicted octanol–water partition coefficient (Wildman–Crippen LogP) is 0.464. The molecule has 10 heavy (non-hydrogen) atoms. The lowest BCUT2D eigenvalue weighted by molar-refractivity contribution is -0.133. The Hall–Kier alpha value is -0.970. The molecule has 0 aromatic carbocycles. The molecule has 0 radical (unpaired) electrons. The van der Waals surface area contributed by atoms with Crippen LogP contribution in [-0.2, 0) is 4.79 Å². The third-order valence-corrected chi connectivity index (χ3v) is 1.71. The molecule has 0 aliphatic rings. The van der Waals surface area contributed by atoms with Gasteiger partial charge in [0.1, 0.15) is 12.1 Å². The largest absolute Gasteiger partial charge is 0.481 e. The maximum Gasteiger partial charge on any atom is 0.315 e. The van der Waals surface area contributed by atoms with Gasteiger partial charge in [-0.1, -0.05) is 0 Å². The minimum absolute atomic E-state index is 0.0658. The van der Waals surface area contributed by atoms with Gasteiger partial charge in [0.05, 0.1) is 0 Å². The summed E-state index contributed by atoms with van der Waals surface area (Å²) < 4.78 is 1.65. The van der Waals surface area contributed by atoms with Crippen molar-refractivity contribution in [3.63, 3.8) is 0 Å². The molecule has 4 nitrogen and oxygen atoms in total. The number of hydrogen-bond acceptors (Lipinski definition) is 3. The highest BCUT2D eigenvalue weighted by molar-refractivity contribution is 7.98. The summed E-state index contributed by atoms with van der Waals surface area (Å²) in [5.74, 6) is -0.755. The lowest BCUT2D eigenvalue weighted by Crippen LogP contribution is -1.99. The molecule has 54 valence electrons. The van der Waals surface area contributed by atoms with E-state index in [9.17, 15) is 4.79 Å². The molecule has 0 bridgehead atoms. The topological polar surface area (TPSA) is 55.1 Å². The summed E-state index contributed by atoms with van der Waals surface area (Å²) in [7, 11) is 0. The summed E-state index contributed by atoms with van der Waals surface area (Å²) in [5.41, 5.74) is 0. The number of aromatic nitrogens is 2. The van der Waals surface area contributed by atoms with Crippen molar-refractivity contribution in [2.24, 2.45) is 0 Å². The van der Waals surface area contributed by atoms with Crippen molar-refractivity contribution in [1.82, 2.24) is 8.96 Å². The van der Waals surface area contributed by atoms with Crippen LogP contribution in [-0.4, -0.2) is 25.8 Å². The molecule has 1 aromatic rings. The second kappa shape index (κ2) is 3.26. The molecule has 1 rings (SSSR count). The molecule has 0 unspecified atom stereocenters. The van der Waals surface area contributed by atoms with Crippen LogP contribution in [0.15, 0.2) is 18.7 Å². The Morgan fingerprint density at radius 1 is 1.80 bits per heavy atom. The Bertz CT molecular complexity index is 209. The third kappa shape index (κ3) is 2.10. The summed E-state index contributed by atoms with van der Waals surface area (Å²) in [6.07, 6.45) is 4.87. The van der Waals surface area contributed by atoms with Gasteiger partial charge in [0.15, 0.2) is 0 Å². The first-order valence-corrected chi connectivity index (χ1v) is 3.56. The van der Waals surface area contributed by atoms with Gasteiger partial charge in [-0.15, -0.1) is 0 Å². The molecule has 1 heterocycles. The monoisotopic (exact) mass is 158 g/mol. The number of rotatable bonds is 3. The average Bonchev–Trinajstić information content (AvgIpc) is 2.34. The molecule has 0 aliphatic heterocycles. The van der Waals surface area contributed by atoms with Crippen molar-refractivity contribution < 1.29 is 9.90 Å². The van der Waals surface area contributed by atoms with Crippen LogP contribution in [0.4, 0.5) is 0 Å². The van der Waals surface area contributed by atoms with Crippen molar-refractivity contribution in [2.75, 3.05) is 5.75 Å². The average molecular weight is 158 g/mol. The number of aliphatic carboxylic acids is 1. The summed E-state index contributed by atoms with van der Waals surface area (Å²) in [6, 6.07) is 0. The SMILES string of the molecule is O=C(O)CSn1ccnc1. The fourth-order valence-electron chi connectivity index (χ4n) is 0.453. The second-order valence-electron chi connectivity index (χ2n) is 1.59. The molecule has 0 atom stereocenters. The van der Waals surface area contributed by atoms with E-state index in [0.717, 1.165) is 0 Å². The van der Waals surface area contributed by atoms with Gasteiger partial charge in [0, 0.05) is 12.4 Å². The summed E-state index contributed by atoms with van der Waals surface area (Å²) in [4.78, 5) is 13.8. The van der Waals surface area contributed by atoms with E-state index in [1.807, 2.05) is 0 Å². The summed E-state index contributed by atoms with van der Waals surface area (Å²) >= 11 is 1.19. The van der Waals surface area contributed by atoms with Crippen LogP contribution in [0, 0.1) is 0 Å². The highest BCUT2D eigenvalue weighted by atomic mass is 32.2. The van der Waals surface area contributed by atoms with Crippen molar-refractivity contribution in [2.45, 2.75) is 0 Å². The molecule has 0 spiro atoms. The standard InChI is InChI=1S/C5H6N2O2S/c8-5(9)3-10-7-2-1-6-4-7/h1-2,4H,3H2,(H,8,9). The van der Waals surface area contributed by atoms with Crippen LogP contribution in [0.25, 0.3) is 0 Å². The zero-order valence-electron chi connectivity index (χ0n) is 5.10. The van der Waals surface area contributed by atoms with Gasteiger partial charge in [0.25, 0.3) is 0 Å². The Morgan fingerprint density at radius 3 is 3.10 bits per heavy atom. The summed E-state index contributed by atoms with van der Waals surface area (Å²) in [6.45, 7) is 0. The van der Waals surface area contributed by atoms with Crippen LogP contribution in [0.1, 0.15) is 0 Å². The number of carboxylic acid groups (broad SMARTS) is 1. The Kier molecular flexibility index (Phi) is 2.33. The molecule has 0 aliphatic carbocycles. The number of carboxylic acids is 1. The van der Waals surface area contributed by atoms with E-state index in [0.29, 0.717) is 0 Å². The quantitative estimate of drug-likeness (QED) is 0.694. The Balaban J connectivity index is 2.35. The normalized spacial score (nSPS) is 9.60. The van der Waals surface area contributed by atoms with Crippen molar-refractivity contribution >= 4 is 17.9 Å². The number of nitrogens with zero attached hydrogens (tertiary/aromatic N) is 2. The van der Waals surface area contributed by atoms with Crippen LogP contribution < -0.4 is 0 Å². The molecule has 1 N–H and O–H groups in total. The molecule has 1 aromatic heterocycles. The van der Waals surface area contributed by atoms with E-state index in [1.54, 1.807) is 22.7 Å². The van der Waals surface area contributed by atoms with E-state index in [4.69, 9.17) is 5.11 Å². The fraction of sp³-hybridized carbons (Fsp3) is 0.200. The Labute approximate surface area is 62.0 Å². The minimum Gasteiger partial charge on any atom is -0.481 e. The maximum atomic E-state index is 10.0. The van der Waals surface area contributed by atoms with E-state index in [-0.39, 0.29) is 5.75 Å². The Morgan fingerprint density at radius 2 is 2.60 bits per heavy atom. The third-order valence-electron chi connectivity index (χ3n) is 0.817. The van der Waals surface area contributed by atoms with Gasteiger partial charge in [-0.2, -0.15) is 0 Å². The van der Waals surface area contributed by atoms with Crippen LogP contribution in [0.2, 0.25) is 0 Å². The maximum absolute atomic E-state index is 10.0. The van der Waals surface area contributed by atoms with Crippen LogP contribution in [0.5, 0.6) is 0 Å². The highest BCUT2D eigenvalue weighted by Gasteiger charge is 1.96. The van der Waals surface area contributed by atoms with Gasteiger partial charge in [-0.3, -0.25) is 8.77 Å². The van der Waals surface area contributed by atoms with Crippen molar-refractivity contribution in [3.8, 4) is 0 Å². The van der Waals surface area contributed by atoms with Gasteiger partial charge in [-0.05, 0) is 11.9 Å². The van der Waals surface area contributed by atoms with E-state index >= 15 is 0 Å². The van der Waals surface area contributed by atoms with Gasteiger partial charge >= 0.3 is 5.97 Å². The molecule has 0 amide bonds. The number of hydrogen-bond donors (Lipinski definition) is 1. The van der Waals surface area contributed by atoms with Crippen molar-refractivity contribution in [3.05, 3.63) is 18.7 Å². The second-order valence-corrected chi connectivity index (χ2v) is 2.56. The first-order chi connectivity index (χ1) is 4.79. The van der Waals surface area contributed by atoms with Crippen LogP contribution >= 0.6 is 11.9 Å². The highest BCUT2D eigenvalue weighted by Crippen LogP contribution is 2.02. The molecule has 0 saturated carbocycles. The van der Waals surface area contributed by atoms with E-state index < -0.39 is 5.97 Å². The first-order valence-electron chi connectivity index (χ1n) is 2.62. The zero-order valence-corrected chi connectivity index (χ0v) is 5.91. The molecular weight excluding hydrogens is 152 g/mol. The van der Waals surface area contributed by atoms with Crippen molar-refractivity contribution in [1.29, 1.82) is 0 Å². The fourth-order valence-corrected chi connectivity index (χ4v) is 0.974. The zero-order chi connectivity index (χ0) is 7.40. The van der Waals surface area contributed by atoms with Gasteiger partial charge < -0.3 is 5.11 Å². The lowest BCUT2D eigenvalue weighted by atomic mass is 10.8. The van der Waals surface area contributed by atoms with Gasteiger partial charge in [0.2, 0.25) is 0 Å². The van der Waals surface area contributed by atoms with Crippen LogP contribution in [0.3, 0.4) is 0 Å². The smallest absolute Gasteiger partial charge is 0.315 e. The molecular formula is C5H6N2O2S. The number of imidazole rings is 1. The lowest BCUT2D eigenvalue weighted by Gasteiger charge is -1.94. The predicted molar refractivity (Wildman–Crippen MR) is 37.7 cm³/mol. The minimum atomic E-state index is -0.821. The number of carbonyl (C=O) groups is 1. The first kappa shape index (κ1) is 7.14. The molecule has 0 fully saturated rings. The van der Waals surface area contributed by atoms with E-state index in [1.165, 1.54) is 11.9 Å². The summed E-state index contributed by atoms with van der Waals surface area (Å²) in [5, 5.41) is 8.26. The molecule has 0 saturated heterocycles. The van der Waals surface area contributed by atoms with E-state index in [2.05, 4.69) is 4.98 Å². The molecule has 5 heteroatoms. The van der Waals surface area contributed by atoms with Gasteiger partial charge in [-0.25, -0.2) is 4.98 Å².